The lowest BCUT2D eigenvalue weighted by Gasteiger charge is -2.15. The zero-order valence-corrected chi connectivity index (χ0v) is 21.5. The van der Waals surface area contributed by atoms with Gasteiger partial charge in [0.1, 0.15) is 11.6 Å². The Bertz CT molecular complexity index is 1960. The predicted octanol–water partition coefficient (Wildman–Crippen LogP) is 9.25. The summed E-state index contributed by atoms with van der Waals surface area (Å²) in [6.07, 6.45) is 0. The Balaban J connectivity index is 1.51. The summed E-state index contributed by atoms with van der Waals surface area (Å²) in [7, 11) is 0. The molecule has 0 N–H and O–H groups in total. The first-order valence-electron chi connectivity index (χ1n) is 13.3. The molecule has 3 nitrogen and oxygen atoms in total. The van der Waals surface area contributed by atoms with Crippen molar-refractivity contribution in [3.63, 3.8) is 0 Å². The summed E-state index contributed by atoms with van der Waals surface area (Å²) in [4.78, 5) is 5.39. The first-order chi connectivity index (χ1) is 19.3. The molecule has 5 aromatic carbocycles. The summed E-state index contributed by atoms with van der Waals surface area (Å²) >= 11 is 0. The van der Waals surface area contributed by atoms with E-state index in [2.05, 4.69) is 150 Å². The standard InChI is InChI=1S/C36H25N3/c1-24-11-10-12-25(21-24)26-22-35(38-31-17-6-2-13-27(31)28-14-3-7-18-32(28)38)37-36(23-26)39-33-19-8-4-15-29(33)30-16-5-9-20-34(30)39/h2-23H,1H3. The molecule has 0 saturated heterocycles. The zero-order chi connectivity index (χ0) is 25.9. The number of benzene rings is 5. The Morgan fingerprint density at radius 2 is 0.821 bits per heavy atom. The molecular weight excluding hydrogens is 474 g/mol. The van der Waals surface area contributed by atoms with Crippen molar-refractivity contribution in [2.75, 3.05) is 0 Å². The van der Waals surface area contributed by atoms with E-state index >= 15 is 0 Å². The van der Waals surface area contributed by atoms with Crippen LogP contribution in [0.3, 0.4) is 0 Å². The molecule has 0 aliphatic carbocycles. The van der Waals surface area contributed by atoms with Crippen molar-refractivity contribution in [3.05, 3.63) is 139 Å². The van der Waals surface area contributed by atoms with Crippen LogP contribution in [0, 0.1) is 6.92 Å². The SMILES string of the molecule is Cc1cccc(-c2cc(-n3c4ccccc4c4ccccc43)nc(-n3c4ccccc4c4ccccc43)c2)c1. The van der Waals surface area contributed by atoms with Gasteiger partial charge in [0.2, 0.25) is 0 Å². The van der Waals surface area contributed by atoms with Crippen molar-refractivity contribution >= 4 is 43.6 Å². The smallest absolute Gasteiger partial charge is 0.140 e. The summed E-state index contributed by atoms with van der Waals surface area (Å²) in [5.74, 6) is 1.81. The van der Waals surface area contributed by atoms with Crippen LogP contribution in [0.5, 0.6) is 0 Å². The van der Waals surface area contributed by atoms with Gasteiger partial charge in [-0.25, -0.2) is 4.98 Å². The van der Waals surface area contributed by atoms with Gasteiger partial charge in [0.15, 0.2) is 0 Å². The summed E-state index contributed by atoms with van der Waals surface area (Å²) < 4.78 is 4.61. The number of aryl methyl sites for hydroxylation is 1. The quantitative estimate of drug-likeness (QED) is 0.237. The third-order valence-electron chi connectivity index (χ3n) is 7.77. The number of nitrogens with zero attached hydrogens (tertiary/aromatic N) is 3. The van der Waals surface area contributed by atoms with Crippen molar-refractivity contribution in [3.8, 4) is 22.8 Å². The molecule has 0 fully saturated rings. The number of hydrogen-bond acceptors (Lipinski definition) is 1. The maximum Gasteiger partial charge on any atom is 0.140 e. The fourth-order valence-corrected chi connectivity index (χ4v) is 6.06. The van der Waals surface area contributed by atoms with E-state index in [1.54, 1.807) is 0 Å². The molecule has 0 radical (unpaired) electrons. The number of rotatable bonds is 3. The lowest BCUT2D eigenvalue weighted by Crippen LogP contribution is -2.04. The molecule has 3 heteroatoms. The molecular formula is C36H25N3. The van der Waals surface area contributed by atoms with Gasteiger partial charge in [-0.1, -0.05) is 103 Å². The fourth-order valence-electron chi connectivity index (χ4n) is 6.06. The lowest BCUT2D eigenvalue weighted by molar-refractivity contribution is 1.01. The third kappa shape index (κ3) is 3.33. The van der Waals surface area contributed by atoms with Crippen LogP contribution in [-0.2, 0) is 0 Å². The van der Waals surface area contributed by atoms with Crippen molar-refractivity contribution < 1.29 is 0 Å². The third-order valence-corrected chi connectivity index (χ3v) is 7.77. The predicted molar refractivity (Wildman–Crippen MR) is 163 cm³/mol. The molecule has 39 heavy (non-hydrogen) atoms. The molecule has 8 aromatic rings. The first-order valence-corrected chi connectivity index (χ1v) is 13.3. The van der Waals surface area contributed by atoms with E-state index < -0.39 is 0 Å². The van der Waals surface area contributed by atoms with E-state index in [9.17, 15) is 0 Å². The van der Waals surface area contributed by atoms with Crippen LogP contribution in [0.15, 0.2) is 133 Å². The van der Waals surface area contributed by atoms with E-state index in [4.69, 9.17) is 4.98 Å². The molecule has 0 atom stereocenters. The molecule has 0 amide bonds. The van der Waals surface area contributed by atoms with Crippen LogP contribution < -0.4 is 0 Å². The summed E-state index contributed by atoms with van der Waals surface area (Å²) in [5.41, 5.74) is 8.17. The monoisotopic (exact) mass is 499 g/mol. The van der Waals surface area contributed by atoms with E-state index in [1.165, 1.54) is 32.7 Å². The zero-order valence-electron chi connectivity index (χ0n) is 21.5. The van der Waals surface area contributed by atoms with Gasteiger partial charge in [-0.05, 0) is 54.4 Å². The number of para-hydroxylation sites is 4. The van der Waals surface area contributed by atoms with E-state index in [-0.39, 0.29) is 0 Å². The molecule has 8 rings (SSSR count). The second-order valence-electron chi connectivity index (χ2n) is 10.2. The summed E-state index contributed by atoms with van der Waals surface area (Å²) in [5, 5.41) is 4.92. The number of aromatic nitrogens is 3. The highest BCUT2D eigenvalue weighted by Gasteiger charge is 2.18. The molecule has 3 aromatic heterocycles. The van der Waals surface area contributed by atoms with Crippen LogP contribution in [0.2, 0.25) is 0 Å². The highest BCUT2D eigenvalue weighted by atomic mass is 15.1. The molecule has 0 aliphatic rings. The summed E-state index contributed by atoms with van der Waals surface area (Å²) in [6, 6.07) is 47.6. The van der Waals surface area contributed by atoms with E-state index in [0.29, 0.717) is 0 Å². The van der Waals surface area contributed by atoms with Gasteiger partial charge in [-0.2, -0.15) is 0 Å². The van der Waals surface area contributed by atoms with Gasteiger partial charge >= 0.3 is 0 Å². The van der Waals surface area contributed by atoms with Gasteiger partial charge in [0.25, 0.3) is 0 Å². The fraction of sp³-hybridized carbons (Fsp3) is 0.0278. The van der Waals surface area contributed by atoms with Gasteiger partial charge in [-0.15, -0.1) is 0 Å². The molecule has 0 aliphatic heterocycles. The number of pyridine rings is 1. The Morgan fingerprint density at radius 3 is 1.23 bits per heavy atom. The summed E-state index contributed by atoms with van der Waals surface area (Å²) in [6.45, 7) is 2.15. The molecule has 3 heterocycles. The minimum absolute atomic E-state index is 0.906. The molecule has 184 valence electrons. The highest BCUT2D eigenvalue weighted by Crippen LogP contribution is 2.36. The Hall–Kier alpha value is -5.15. The average molecular weight is 500 g/mol. The Kier molecular flexibility index (Phi) is 4.74. The average Bonchev–Trinajstić information content (AvgIpc) is 3.50. The second-order valence-corrected chi connectivity index (χ2v) is 10.2. The van der Waals surface area contributed by atoms with Crippen molar-refractivity contribution in [2.24, 2.45) is 0 Å². The van der Waals surface area contributed by atoms with Crippen LogP contribution in [0.4, 0.5) is 0 Å². The maximum absolute atomic E-state index is 5.39. The van der Waals surface area contributed by atoms with Crippen LogP contribution in [-0.4, -0.2) is 14.1 Å². The molecule has 0 spiro atoms. The minimum Gasteiger partial charge on any atom is -0.294 e. The normalized spacial score (nSPS) is 11.7. The van der Waals surface area contributed by atoms with Crippen molar-refractivity contribution in [1.29, 1.82) is 0 Å². The minimum atomic E-state index is 0.906. The van der Waals surface area contributed by atoms with Gasteiger partial charge in [-0.3, -0.25) is 9.13 Å². The molecule has 0 saturated carbocycles. The second kappa shape index (κ2) is 8.44. The van der Waals surface area contributed by atoms with Crippen molar-refractivity contribution in [1.82, 2.24) is 14.1 Å². The molecule has 0 unspecified atom stereocenters. The van der Waals surface area contributed by atoms with Crippen molar-refractivity contribution in [2.45, 2.75) is 6.92 Å². The van der Waals surface area contributed by atoms with Gasteiger partial charge in [0.05, 0.1) is 22.1 Å². The number of fused-ring (bicyclic) bond motifs is 6. The van der Waals surface area contributed by atoms with E-state index in [0.717, 1.165) is 39.3 Å². The maximum atomic E-state index is 5.39. The van der Waals surface area contributed by atoms with Crippen LogP contribution >= 0.6 is 0 Å². The van der Waals surface area contributed by atoms with Crippen LogP contribution in [0.25, 0.3) is 66.4 Å². The molecule has 0 bridgehead atoms. The van der Waals surface area contributed by atoms with Gasteiger partial charge < -0.3 is 0 Å². The number of hydrogen-bond donors (Lipinski definition) is 0. The Labute approximate surface area is 226 Å². The first kappa shape index (κ1) is 21.9. The lowest BCUT2D eigenvalue weighted by atomic mass is 10.0. The highest BCUT2D eigenvalue weighted by molar-refractivity contribution is 6.10. The van der Waals surface area contributed by atoms with Crippen LogP contribution in [0.1, 0.15) is 5.56 Å². The topological polar surface area (TPSA) is 22.8 Å². The Morgan fingerprint density at radius 1 is 0.410 bits per heavy atom. The van der Waals surface area contributed by atoms with Gasteiger partial charge in [0, 0.05) is 21.5 Å². The largest absolute Gasteiger partial charge is 0.294 e. The van der Waals surface area contributed by atoms with E-state index in [1.807, 2.05) is 0 Å².